The van der Waals surface area contributed by atoms with Gasteiger partial charge < -0.3 is 19.2 Å². The zero-order valence-electron chi connectivity index (χ0n) is 15.8. The van der Waals surface area contributed by atoms with Crippen LogP contribution in [0, 0.1) is 20.8 Å². The molecule has 1 amide bonds. The molecule has 1 saturated heterocycles. The maximum atomic E-state index is 13.2. The zero-order valence-corrected chi connectivity index (χ0v) is 16.6. The molecule has 1 fully saturated rings. The van der Waals surface area contributed by atoms with Crippen LogP contribution in [0.1, 0.15) is 34.0 Å². The number of likely N-dealkylation sites (N-methyl/N-ethyl adjacent to an activating group) is 1. The van der Waals surface area contributed by atoms with Gasteiger partial charge in [0.1, 0.15) is 11.5 Å². The maximum Gasteiger partial charge on any atom is 0.259 e. The van der Waals surface area contributed by atoms with Crippen molar-refractivity contribution in [3.8, 4) is 11.3 Å². The summed E-state index contributed by atoms with van der Waals surface area (Å²) in [6.45, 7) is 7.34. The van der Waals surface area contributed by atoms with E-state index in [1.807, 2.05) is 40.0 Å². The Balaban J connectivity index is 0.00000210. The number of hydrogen-bond acceptors (Lipinski definition) is 6. The molecule has 0 aromatic carbocycles. The first-order valence-electron chi connectivity index (χ1n) is 8.78. The van der Waals surface area contributed by atoms with Crippen LogP contribution in [0.4, 0.5) is 0 Å². The average Bonchev–Trinajstić information content (AvgIpc) is 3.34. The fourth-order valence-electron chi connectivity index (χ4n) is 3.61. The number of aryl methyl sites for hydroxylation is 3. The van der Waals surface area contributed by atoms with Crippen molar-refractivity contribution in [2.45, 2.75) is 33.2 Å². The first-order chi connectivity index (χ1) is 12.5. The van der Waals surface area contributed by atoms with Crippen LogP contribution in [-0.2, 0) is 0 Å². The van der Waals surface area contributed by atoms with Gasteiger partial charge in [-0.1, -0.05) is 5.16 Å². The molecule has 1 unspecified atom stereocenters. The maximum absolute atomic E-state index is 13.2. The van der Waals surface area contributed by atoms with E-state index in [4.69, 9.17) is 8.94 Å². The van der Waals surface area contributed by atoms with Gasteiger partial charge in [-0.3, -0.25) is 4.79 Å². The van der Waals surface area contributed by atoms with Crippen LogP contribution in [0.15, 0.2) is 21.1 Å². The van der Waals surface area contributed by atoms with E-state index < -0.39 is 0 Å². The Morgan fingerprint density at radius 1 is 1.30 bits per heavy atom. The molecule has 0 saturated carbocycles. The predicted octanol–water partition coefficient (Wildman–Crippen LogP) is 3.26. The highest BCUT2D eigenvalue weighted by molar-refractivity contribution is 6.07. The van der Waals surface area contributed by atoms with E-state index in [1.54, 1.807) is 4.90 Å². The molecule has 8 heteroatoms. The second kappa shape index (κ2) is 7.32. The highest BCUT2D eigenvalue weighted by Crippen LogP contribution is 2.31. The van der Waals surface area contributed by atoms with Crippen molar-refractivity contribution in [3.05, 3.63) is 34.9 Å². The molecule has 144 valence electrons. The number of rotatable bonds is 3. The second-order valence-electron chi connectivity index (χ2n) is 6.89. The van der Waals surface area contributed by atoms with E-state index in [0.29, 0.717) is 28.1 Å². The summed E-state index contributed by atoms with van der Waals surface area (Å²) in [4.78, 5) is 19.6. The van der Waals surface area contributed by atoms with Gasteiger partial charge >= 0.3 is 0 Å². The lowest BCUT2D eigenvalue weighted by Gasteiger charge is -2.24. The first-order valence-corrected chi connectivity index (χ1v) is 8.78. The van der Waals surface area contributed by atoms with Crippen LogP contribution >= 0.6 is 12.4 Å². The molecule has 4 rings (SSSR count). The normalized spacial score (nSPS) is 16.5. The first kappa shape index (κ1) is 19.4. The van der Waals surface area contributed by atoms with Gasteiger partial charge in [-0.05, 0) is 45.9 Å². The molecule has 1 atom stereocenters. The Morgan fingerprint density at radius 3 is 2.70 bits per heavy atom. The molecule has 0 radical (unpaired) electrons. The number of fused-ring (bicyclic) bond motifs is 1. The number of pyridine rings is 1. The molecular weight excluding hydrogens is 368 g/mol. The molecule has 7 nitrogen and oxygen atoms in total. The third-order valence-electron chi connectivity index (χ3n) is 5.07. The van der Waals surface area contributed by atoms with Gasteiger partial charge in [0, 0.05) is 25.2 Å². The molecule has 0 aliphatic carbocycles. The Labute approximate surface area is 163 Å². The van der Waals surface area contributed by atoms with Gasteiger partial charge in [0.05, 0.1) is 22.3 Å². The summed E-state index contributed by atoms with van der Waals surface area (Å²) in [6.07, 6.45) is 0.950. The van der Waals surface area contributed by atoms with E-state index in [2.05, 4.69) is 15.5 Å². The monoisotopic (exact) mass is 390 g/mol. The minimum absolute atomic E-state index is 0. The Bertz CT molecular complexity index is 988. The van der Waals surface area contributed by atoms with Gasteiger partial charge in [-0.15, -0.1) is 12.4 Å². The topological polar surface area (TPSA) is 84.4 Å². The number of carbonyl (C=O) groups is 1. The number of nitrogens with one attached hydrogen (secondary N) is 1. The van der Waals surface area contributed by atoms with Crippen LogP contribution < -0.4 is 5.32 Å². The fraction of sp³-hybridized carbons (Fsp3) is 0.421. The number of halogens is 1. The van der Waals surface area contributed by atoms with Crippen LogP contribution in [0.2, 0.25) is 0 Å². The van der Waals surface area contributed by atoms with E-state index in [9.17, 15) is 4.79 Å². The standard InChI is InChI=1S/C19H22N4O3.ClH/c1-10-7-14(12(3)25-10)16-8-15(17-11(2)22-26-18(17)21-16)19(24)23(4)13-5-6-20-9-13;/h7-8,13,20H,5-6,9H2,1-4H3;1H. The number of amides is 1. The molecule has 1 aliphatic heterocycles. The molecule has 1 N–H and O–H groups in total. The summed E-state index contributed by atoms with van der Waals surface area (Å²) in [5.74, 6) is 1.52. The minimum Gasteiger partial charge on any atom is -0.466 e. The van der Waals surface area contributed by atoms with Crippen molar-refractivity contribution in [2.75, 3.05) is 20.1 Å². The van der Waals surface area contributed by atoms with Crippen molar-refractivity contribution < 1.29 is 13.7 Å². The average molecular weight is 391 g/mol. The molecule has 3 aromatic rings. The largest absolute Gasteiger partial charge is 0.466 e. The number of carbonyl (C=O) groups excluding carboxylic acids is 1. The van der Waals surface area contributed by atoms with E-state index in [-0.39, 0.29) is 24.4 Å². The third-order valence-corrected chi connectivity index (χ3v) is 5.07. The summed E-state index contributed by atoms with van der Waals surface area (Å²) in [5, 5.41) is 7.99. The summed E-state index contributed by atoms with van der Waals surface area (Å²) >= 11 is 0. The predicted molar refractivity (Wildman–Crippen MR) is 104 cm³/mol. The van der Waals surface area contributed by atoms with Crippen molar-refractivity contribution in [2.24, 2.45) is 0 Å². The molecule has 3 aromatic heterocycles. The molecule has 4 heterocycles. The Morgan fingerprint density at radius 2 is 2.07 bits per heavy atom. The lowest BCUT2D eigenvalue weighted by molar-refractivity contribution is 0.0745. The number of aromatic nitrogens is 2. The SMILES string of the molecule is Cc1cc(-c2cc(C(=O)N(C)C3CCNC3)c3c(C)noc3n2)c(C)o1.Cl. The summed E-state index contributed by atoms with van der Waals surface area (Å²) in [7, 11) is 1.85. The van der Waals surface area contributed by atoms with Crippen molar-refractivity contribution >= 4 is 29.4 Å². The summed E-state index contributed by atoms with van der Waals surface area (Å²) in [6, 6.07) is 3.93. The van der Waals surface area contributed by atoms with Gasteiger partial charge in [-0.2, -0.15) is 0 Å². The van der Waals surface area contributed by atoms with Crippen LogP contribution in [-0.4, -0.2) is 47.1 Å². The highest BCUT2D eigenvalue weighted by atomic mass is 35.5. The summed E-state index contributed by atoms with van der Waals surface area (Å²) < 4.78 is 11.0. The second-order valence-corrected chi connectivity index (χ2v) is 6.89. The Kier molecular flexibility index (Phi) is 5.26. The number of hydrogen-bond donors (Lipinski definition) is 1. The van der Waals surface area contributed by atoms with Gasteiger partial charge in [0.2, 0.25) is 0 Å². The summed E-state index contributed by atoms with van der Waals surface area (Å²) in [5.41, 5.74) is 3.12. The number of furan rings is 1. The molecular formula is C19H23ClN4O3. The van der Waals surface area contributed by atoms with Gasteiger partial charge in [0.15, 0.2) is 0 Å². The quantitative estimate of drug-likeness (QED) is 0.738. The molecule has 27 heavy (non-hydrogen) atoms. The van der Waals surface area contributed by atoms with Gasteiger partial charge in [-0.25, -0.2) is 4.98 Å². The third kappa shape index (κ3) is 3.33. The Hall–Kier alpha value is -2.38. The van der Waals surface area contributed by atoms with Crippen LogP contribution in [0.5, 0.6) is 0 Å². The van der Waals surface area contributed by atoms with Crippen LogP contribution in [0.25, 0.3) is 22.4 Å². The van der Waals surface area contributed by atoms with E-state index in [1.165, 1.54) is 0 Å². The highest BCUT2D eigenvalue weighted by Gasteiger charge is 2.28. The lowest BCUT2D eigenvalue weighted by Crippen LogP contribution is -2.38. The van der Waals surface area contributed by atoms with E-state index >= 15 is 0 Å². The van der Waals surface area contributed by atoms with Gasteiger partial charge in [0.25, 0.3) is 11.6 Å². The zero-order chi connectivity index (χ0) is 18.4. The molecule has 0 bridgehead atoms. The van der Waals surface area contributed by atoms with Crippen molar-refractivity contribution in [3.63, 3.8) is 0 Å². The minimum atomic E-state index is -0.0449. The molecule has 1 aliphatic rings. The molecule has 0 spiro atoms. The van der Waals surface area contributed by atoms with Crippen molar-refractivity contribution in [1.29, 1.82) is 0 Å². The fourth-order valence-corrected chi connectivity index (χ4v) is 3.61. The lowest BCUT2D eigenvalue weighted by atomic mass is 10.0. The number of nitrogens with zero attached hydrogens (tertiary/aromatic N) is 3. The van der Waals surface area contributed by atoms with Crippen molar-refractivity contribution in [1.82, 2.24) is 20.4 Å². The van der Waals surface area contributed by atoms with Crippen LogP contribution in [0.3, 0.4) is 0 Å². The smallest absolute Gasteiger partial charge is 0.259 e. The van der Waals surface area contributed by atoms with E-state index in [0.717, 1.165) is 36.6 Å².